The topological polar surface area (TPSA) is 110 Å². The Balaban J connectivity index is 2.84. The summed E-state index contributed by atoms with van der Waals surface area (Å²) in [6, 6.07) is 0. The highest BCUT2D eigenvalue weighted by Gasteiger charge is 2.53. The van der Waals surface area contributed by atoms with Gasteiger partial charge in [0, 0.05) is 0 Å². The zero-order valence-corrected chi connectivity index (χ0v) is 7.25. The standard InChI is InChI=1S/C7H13FO6/c8-6-5(12)4(11)3(1-9)14-7(6,13)2-10/h3-6,9-13H,1-2H2/t3?,4-,5?,6?,7+/m1/s1. The smallest absolute Gasteiger partial charge is 0.224 e. The minimum absolute atomic E-state index is 0.701. The van der Waals surface area contributed by atoms with Gasteiger partial charge in [-0.3, -0.25) is 0 Å². The van der Waals surface area contributed by atoms with E-state index in [1.807, 2.05) is 0 Å². The third-order valence-electron chi connectivity index (χ3n) is 2.22. The minimum Gasteiger partial charge on any atom is -0.394 e. The second-order valence-electron chi connectivity index (χ2n) is 3.22. The Morgan fingerprint density at radius 1 is 1.21 bits per heavy atom. The fourth-order valence-electron chi connectivity index (χ4n) is 1.33. The van der Waals surface area contributed by atoms with Gasteiger partial charge in [-0.2, -0.15) is 0 Å². The molecule has 3 unspecified atom stereocenters. The molecule has 0 aromatic rings. The zero-order valence-electron chi connectivity index (χ0n) is 7.25. The van der Waals surface area contributed by atoms with Gasteiger partial charge in [-0.05, 0) is 0 Å². The molecular formula is C7H13FO6. The molecule has 1 fully saturated rings. The Hall–Kier alpha value is -0.310. The van der Waals surface area contributed by atoms with Crippen LogP contribution in [-0.4, -0.2) is 69.0 Å². The van der Waals surface area contributed by atoms with Gasteiger partial charge in [-0.1, -0.05) is 0 Å². The summed E-state index contributed by atoms with van der Waals surface area (Å²) in [6.45, 7) is -1.78. The normalized spacial score (nSPS) is 49.3. The van der Waals surface area contributed by atoms with Crippen LogP contribution >= 0.6 is 0 Å². The molecule has 1 aliphatic rings. The Labute approximate surface area is 79.2 Å². The maximum atomic E-state index is 13.2. The lowest BCUT2D eigenvalue weighted by Gasteiger charge is -2.43. The quantitative estimate of drug-likeness (QED) is 0.336. The Kier molecular flexibility index (Phi) is 3.40. The highest BCUT2D eigenvalue weighted by atomic mass is 19.1. The molecule has 0 aromatic heterocycles. The summed E-state index contributed by atoms with van der Waals surface area (Å²) in [5.74, 6) is -2.58. The van der Waals surface area contributed by atoms with E-state index >= 15 is 0 Å². The lowest BCUT2D eigenvalue weighted by molar-refractivity contribution is -0.344. The first-order chi connectivity index (χ1) is 6.46. The molecule has 0 saturated carbocycles. The highest BCUT2D eigenvalue weighted by Crippen LogP contribution is 2.29. The first-order valence-electron chi connectivity index (χ1n) is 4.08. The van der Waals surface area contributed by atoms with Crippen molar-refractivity contribution >= 4 is 0 Å². The van der Waals surface area contributed by atoms with E-state index in [4.69, 9.17) is 20.4 Å². The first kappa shape index (κ1) is 11.8. The van der Waals surface area contributed by atoms with Crippen LogP contribution < -0.4 is 0 Å². The predicted octanol–water partition coefficient (Wildman–Crippen LogP) is -2.88. The SMILES string of the molecule is OCC1O[C@@](O)(CO)C(F)C(O)[C@@H]1O. The maximum Gasteiger partial charge on any atom is 0.224 e. The average Bonchev–Trinajstić information content (AvgIpc) is 2.20. The molecule has 6 nitrogen and oxygen atoms in total. The number of alkyl halides is 1. The summed E-state index contributed by atoms with van der Waals surface area (Å²) < 4.78 is 17.7. The molecule has 1 rings (SSSR count). The summed E-state index contributed by atoms with van der Waals surface area (Å²) in [7, 11) is 0. The average molecular weight is 212 g/mol. The van der Waals surface area contributed by atoms with Gasteiger partial charge in [-0.15, -0.1) is 0 Å². The molecule has 1 aliphatic heterocycles. The van der Waals surface area contributed by atoms with E-state index in [2.05, 4.69) is 4.74 Å². The van der Waals surface area contributed by atoms with Crippen molar-refractivity contribution < 1.29 is 34.7 Å². The molecular weight excluding hydrogens is 199 g/mol. The summed E-state index contributed by atoms with van der Waals surface area (Å²) >= 11 is 0. The van der Waals surface area contributed by atoms with Crippen LogP contribution in [0.15, 0.2) is 0 Å². The second-order valence-corrected chi connectivity index (χ2v) is 3.22. The number of aliphatic hydroxyl groups is 5. The highest BCUT2D eigenvalue weighted by molar-refractivity contribution is 4.95. The van der Waals surface area contributed by atoms with Crippen molar-refractivity contribution in [1.29, 1.82) is 0 Å². The van der Waals surface area contributed by atoms with Crippen molar-refractivity contribution in [2.45, 2.75) is 30.3 Å². The van der Waals surface area contributed by atoms with E-state index in [-0.39, 0.29) is 0 Å². The van der Waals surface area contributed by atoms with Crippen LogP contribution in [-0.2, 0) is 4.74 Å². The van der Waals surface area contributed by atoms with Crippen LogP contribution in [0, 0.1) is 0 Å². The molecule has 84 valence electrons. The third kappa shape index (κ3) is 1.74. The summed E-state index contributed by atoms with van der Waals surface area (Å²) in [4.78, 5) is 0. The van der Waals surface area contributed by atoms with Crippen LogP contribution in [0.3, 0.4) is 0 Å². The molecule has 0 radical (unpaired) electrons. The van der Waals surface area contributed by atoms with E-state index in [0.717, 1.165) is 0 Å². The van der Waals surface area contributed by atoms with E-state index in [1.165, 1.54) is 0 Å². The van der Waals surface area contributed by atoms with Crippen LogP contribution in [0.5, 0.6) is 0 Å². The summed E-state index contributed by atoms with van der Waals surface area (Å²) in [5, 5.41) is 44.9. The zero-order chi connectivity index (χ0) is 10.9. The van der Waals surface area contributed by atoms with Crippen molar-refractivity contribution in [3.8, 4) is 0 Å². The van der Waals surface area contributed by atoms with Crippen molar-refractivity contribution in [2.24, 2.45) is 0 Å². The molecule has 14 heavy (non-hydrogen) atoms. The number of hydrogen-bond donors (Lipinski definition) is 5. The number of ether oxygens (including phenoxy) is 1. The number of aliphatic hydroxyl groups excluding tert-OH is 4. The number of halogens is 1. The summed E-state index contributed by atoms with van der Waals surface area (Å²) in [6.07, 6.45) is -7.20. The minimum atomic E-state index is -2.58. The third-order valence-corrected chi connectivity index (χ3v) is 2.22. The van der Waals surface area contributed by atoms with Gasteiger partial charge in [0.2, 0.25) is 5.79 Å². The van der Waals surface area contributed by atoms with Crippen molar-refractivity contribution in [3.05, 3.63) is 0 Å². The molecule has 0 spiro atoms. The van der Waals surface area contributed by atoms with Gasteiger partial charge >= 0.3 is 0 Å². The second kappa shape index (κ2) is 4.05. The fraction of sp³-hybridized carbons (Fsp3) is 1.00. The Morgan fingerprint density at radius 3 is 2.21 bits per heavy atom. The number of rotatable bonds is 2. The van der Waals surface area contributed by atoms with E-state index < -0.39 is 43.5 Å². The van der Waals surface area contributed by atoms with E-state index in [9.17, 15) is 9.50 Å². The lowest BCUT2D eigenvalue weighted by Crippen LogP contribution is -2.65. The lowest BCUT2D eigenvalue weighted by atomic mass is 9.94. The van der Waals surface area contributed by atoms with Gasteiger partial charge in [0.25, 0.3) is 0 Å². The maximum absolute atomic E-state index is 13.2. The van der Waals surface area contributed by atoms with Gasteiger partial charge in [0.05, 0.1) is 6.61 Å². The van der Waals surface area contributed by atoms with Gasteiger partial charge in [0.1, 0.15) is 24.9 Å². The van der Waals surface area contributed by atoms with Gasteiger partial charge in [0.15, 0.2) is 6.17 Å². The molecule has 5 atom stereocenters. The van der Waals surface area contributed by atoms with Crippen molar-refractivity contribution in [2.75, 3.05) is 13.2 Å². The molecule has 0 bridgehead atoms. The van der Waals surface area contributed by atoms with Gasteiger partial charge in [-0.25, -0.2) is 4.39 Å². The molecule has 5 N–H and O–H groups in total. The van der Waals surface area contributed by atoms with Crippen LogP contribution in [0.2, 0.25) is 0 Å². The number of hydrogen-bond acceptors (Lipinski definition) is 6. The van der Waals surface area contributed by atoms with Crippen LogP contribution in [0.25, 0.3) is 0 Å². The molecule has 1 heterocycles. The first-order valence-corrected chi connectivity index (χ1v) is 4.08. The molecule has 7 heteroatoms. The van der Waals surface area contributed by atoms with Gasteiger partial charge < -0.3 is 30.3 Å². The Morgan fingerprint density at radius 2 is 1.79 bits per heavy atom. The van der Waals surface area contributed by atoms with Crippen molar-refractivity contribution in [1.82, 2.24) is 0 Å². The molecule has 0 aliphatic carbocycles. The Bertz CT molecular complexity index is 201. The van der Waals surface area contributed by atoms with E-state index in [0.29, 0.717) is 0 Å². The monoisotopic (exact) mass is 212 g/mol. The predicted molar refractivity (Wildman–Crippen MR) is 40.9 cm³/mol. The molecule has 1 saturated heterocycles. The van der Waals surface area contributed by atoms with Crippen LogP contribution in [0.4, 0.5) is 4.39 Å². The molecule has 0 amide bonds. The van der Waals surface area contributed by atoms with Crippen LogP contribution in [0.1, 0.15) is 0 Å². The largest absolute Gasteiger partial charge is 0.394 e. The molecule has 0 aromatic carbocycles. The summed E-state index contributed by atoms with van der Waals surface area (Å²) in [5.41, 5.74) is 0. The van der Waals surface area contributed by atoms with Crippen molar-refractivity contribution in [3.63, 3.8) is 0 Å². The van der Waals surface area contributed by atoms with E-state index in [1.54, 1.807) is 0 Å². The fourth-order valence-corrected chi connectivity index (χ4v) is 1.33.